The van der Waals surface area contributed by atoms with Crippen molar-refractivity contribution in [1.29, 1.82) is 0 Å². The van der Waals surface area contributed by atoms with Crippen LogP contribution in [0.25, 0.3) is 11.1 Å². The second kappa shape index (κ2) is 8.92. The highest BCUT2D eigenvalue weighted by atomic mass is 32.2. The molecule has 0 saturated carbocycles. The first-order valence-corrected chi connectivity index (χ1v) is 10.9. The highest BCUT2D eigenvalue weighted by Gasteiger charge is 2.17. The molecule has 6 heteroatoms. The minimum atomic E-state index is -3.57. The van der Waals surface area contributed by atoms with E-state index in [1.165, 1.54) is 0 Å². The zero-order chi connectivity index (χ0) is 20.9. The largest absolute Gasteiger partial charge is 0.365 e. The van der Waals surface area contributed by atoms with E-state index in [1.54, 1.807) is 24.3 Å². The maximum Gasteiger partial charge on any atom is 0.240 e. The molecule has 0 aromatic heterocycles. The highest BCUT2D eigenvalue weighted by Crippen LogP contribution is 2.29. The molecular weight excluding hydrogens is 384 g/mol. The third kappa shape index (κ3) is 5.23. The van der Waals surface area contributed by atoms with Gasteiger partial charge in [0.1, 0.15) is 5.88 Å². The molecule has 0 radical (unpaired) electrons. The van der Waals surface area contributed by atoms with Crippen LogP contribution in [0.1, 0.15) is 5.56 Å². The number of carbonyl (C=O) groups excluding carboxylic acids is 1. The van der Waals surface area contributed by atoms with E-state index in [9.17, 15) is 13.2 Å². The monoisotopic (exact) mass is 408 g/mol. The summed E-state index contributed by atoms with van der Waals surface area (Å²) < 4.78 is 24.8. The number of benzene rings is 3. The number of aryl methyl sites for hydroxylation is 1. The number of hydrogen-bond donors (Lipinski definition) is 1. The number of nitrogens with zero attached hydrogens (tertiary/aromatic N) is 1. The lowest BCUT2D eigenvalue weighted by atomic mass is 10.0. The molecule has 0 heterocycles. The molecule has 0 aliphatic heterocycles. The first-order chi connectivity index (χ1) is 13.9. The van der Waals surface area contributed by atoms with Gasteiger partial charge in [-0.2, -0.15) is 0 Å². The van der Waals surface area contributed by atoms with Crippen LogP contribution in [0.5, 0.6) is 0 Å². The van der Waals surface area contributed by atoms with Gasteiger partial charge in [0, 0.05) is 18.3 Å². The Balaban J connectivity index is 1.67. The summed E-state index contributed by atoms with van der Waals surface area (Å²) in [6, 6.07) is 24.3. The molecule has 29 heavy (non-hydrogen) atoms. The summed E-state index contributed by atoms with van der Waals surface area (Å²) in [5.41, 5.74) is 3.94. The number of para-hydroxylation sites is 1. The Hall–Kier alpha value is -3.12. The van der Waals surface area contributed by atoms with E-state index >= 15 is 0 Å². The van der Waals surface area contributed by atoms with E-state index in [2.05, 4.69) is 5.32 Å². The lowest BCUT2D eigenvalue weighted by Gasteiger charge is -2.22. The fourth-order valence-electron chi connectivity index (χ4n) is 3.03. The van der Waals surface area contributed by atoms with Crippen molar-refractivity contribution >= 4 is 21.4 Å². The van der Waals surface area contributed by atoms with Crippen LogP contribution < -0.4 is 10.2 Å². The molecule has 1 N–H and O–H groups in total. The highest BCUT2D eigenvalue weighted by molar-refractivity contribution is 7.91. The van der Waals surface area contributed by atoms with Crippen LogP contribution in [-0.4, -0.2) is 33.8 Å². The topological polar surface area (TPSA) is 66.5 Å². The second-order valence-corrected chi connectivity index (χ2v) is 8.90. The summed E-state index contributed by atoms with van der Waals surface area (Å²) in [7, 11) is -1.76. The smallest absolute Gasteiger partial charge is 0.240 e. The average molecular weight is 409 g/mol. The molecule has 3 aromatic rings. The fourth-order valence-corrected chi connectivity index (χ4v) is 4.10. The van der Waals surface area contributed by atoms with Gasteiger partial charge in [0.25, 0.3) is 0 Å². The summed E-state index contributed by atoms with van der Waals surface area (Å²) in [6.07, 6.45) is 0. The Morgan fingerprint density at radius 3 is 2.21 bits per heavy atom. The van der Waals surface area contributed by atoms with Crippen LogP contribution in [-0.2, 0) is 14.6 Å². The zero-order valence-corrected chi connectivity index (χ0v) is 17.3. The summed E-state index contributed by atoms with van der Waals surface area (Å²) in [6.45, 7) is 1.94. The average Bonchev–Trinajstić information content (AvgIpc) is 2.73. The molecule has 0 fully saturated rings. The third-order valence-electron chi connectivity index (χ3n) is 4.62. The van der Waals surface area contributed by atoms with Crippen molar-refractivity contribution in [3.8, 4) is 11.1 Å². The van der Waals surface area contributed by atoms with Crippen molar-refractivity contribution in [3.63, 3.8) is 0 Å². The van der Waals surface area contributed by atoms with Crippen LogP contribution >= 0.6 is 0 Å². The van der Waals surface area contributed by atoms with Crippen molar-refractivity contribution in [2.45, 2.75) is 11.8 Å². The predicted molar refractivity (Wildman–Crippen MR) is 117 cm³/mol. The number of sulfone groups is 1. The zero-order valence-electron chi connectivity index (χ0n) is 16.5. The number of hydrogen-bond acceptors (Lipinski definition) is 4. The van der Waals surface area contributed by atoms with E-state index < -0.39 is 15.7 Å². The Morgan fingerprint density at radius 2 is 1.52 bits per heavy atom. The lowest BCUT2D eigenvalue weighted by Crippen LogP contribution is -2.37. The van der Waals surface area contributed by atoms with E-state index in [-0.39, 0.29) is 17.3 Å². The number of nitrogens with one attached hydrogen (secondary N) is 1. The molecule has 3 rings (SSSR count). The Bertz CT molecular complexity index is 1080. The normalized spacial score (nSPS) is 11.1. The molecule has 0 unspecified atom stereocenters. The molecule has 3 aromatic carbocycles. The van der Waals surface area contributed by atoms with Gasteiger partial charge in [0.05, 0.1) is 11.4 Å². The Labute approximate surface area is 171 Å². The third-order valence-corrected chi connectivity index (χ3v) is 6.14. The van der Waals surface area contributed by atoms with E-state index in [1.807, 2.05) is 73.5 Å². The minimum Gasteiger partial charge on any atom is -0.365 e. The number of amides is 1. The maximum atomic E-state index is 12.4. The molecule has 0 spiro atoms. The molecule has 0 saturated heterocycles. The molecule has 5 nitrogen and oxygen atoms in total. The van der Waals surface area contributed by atoms with Gasteiger partial charge in [-0.25, -0.2) is 8.42 Å². The van der Waals surface area contributed by atoms with Gasteiger partial charge in [-0.05, 0) is 30.7 Å². The standard InChI is InChI=1S/C23H24N2O3S/c1-18-12-14-20(15-13-18)29(27,28)17-24-23(26)16-25(2)22-11-7-6-10-21(22)19-8-4-3-5-9-19/h3-15H,16-17H2,1-2H3,(H,24,26). The van der Waals surface area contributed by atoms with E-state index in [0.29, 0.717) is 0 Å². The van der Waals surface area contributed by atoms with E-state index in [0.717, 1.165) is 22.4 Å². The van der Waals surface area contributed by atoms with Gasteiger partial charge in [-0.3, -0.25) is 4.79 Å². The first-order valence-electron chi connectivity index (χ1n) is 9.28. The van der Waals surface area contributed by atoms with Crippen LogP contribution in [0.15, 0.2) is 83.8 Å². The van der Waals surface area contributed by atoms with Crippen molar-refractivity contribution < 1.29 is 13.2 Å². The van der Waals surface area contributed by atoms with Gasteiger partial charge >= 0.3 is 0 Å². The van der Waals surface area contributed by atoms with Gasteiger partial charge in [0.15, 0.2) is 9.84 Å². The molecule has 0 atom stereocenters. The van der Waals surface area contributed by atoms with Crippen LogP contribution in [0.2, 0.25) is 0 Å². The summed E-state index contributed by atoms with van der Waals surface area (Å²) in [5.74, 6) is -0.783. The second-order valence-electron chi connectivity index (χ2n) is 6.91. The van der Waals surface area contributed by atoms with Gasteiger partial charge in [-0.15, -0.1) is 0 Å². The van der Waals surface area contributed by atoms with Gasteiger partial charge in [-0.1, -0.05) is 66.2 Å². The van der Waals surface area contributed by atoms with E-state index in [4.69, 9.17) is 0 Å². The van der Waals surface area contributed by atoms with Crippen molar-refractivity contribution in [3.05, 3.63) is 84.4 Å². The van der Waals surface area contributed by atoms with Crippen molar-refractivity contribution in [2.24, 2.45) is 0 Å². The summed E-state index contributed by atoms with van der Waals surface area (Å²) in [4.78, 5) is 14.4. The van der Waals surface area contributed by atoms with Gasteiger partial charge in [0.2, 0.25) is 5.91 Å². The maximum absolute atomic E-state index is 12.4. The van der Waals surface area contributed by atoms with Crippen molar-refractivity contribution in [2.75, 3.05) is 24.4 Å². The van der Waals surface area contributed by atoms with Crippen LogP contribution in [0.3, 0.4) is 0 Å². The minimum absolute atomic E-state index is 0.0489. The van der Waals surface area contributed by atoms with Crippen molar-refractivity contribution in [1.82, 2.24) is 5.32 Å². The first kappa shape index (κ1) is 20.6. The summed E-state index contributed by atoms with van der Waals surface area (Å²) >= 11 is 0. The van der Waals surface area contributed by atoms with Crippen LogP contribution in [0.4, 0.5) is 5.69 Å². The predicted octanol–water partition coefficient (Wildman–Crippen LogP) is 3.65. The molecule has 0 aliphatic rings. The molecule has 1 amide bonds. The number of anilines is 1. The molecule has 150 valence electrons. The Kier molecular flexibility index (Phi) is 6.34. The quantitative estimate of drug-likeness (QED) is 0.648. The lowest BCUT2D eigenvalue weighted by molar-refractivity contribution is -0.119. The Morgan fingerprint density at radius 1 is 0.897 bits per heavy atom. The number of rotatable bonds is 7. The van der Waals surface area contributed by atoms with Crippen LogP contribution in [0, 0.1) is 6.92 Å². The number of carbonyl (C=O) groups is 1. The summed E-state index contributed by atoms with van der Waals surface area (Å²) in [5, 5.41) is 2.53. The fraction of sp³-hybridized carbons (Fsp3) is 0.174. The van der Waals surface area contributed by atoms with Gasteiger partial charge < -0.3 is 10.2 Å². The number of likely N-dealkylation sites (N-methyl/N-ethyl adjacent to an activating group) is 1. The molecule has 0 bridgehead atoms. The SMILES string of the molecule is Cc1ccc(S(=O)(=O)CNC(=O)CN(C)c2ccccc2-c2ccccc2)cc1. The molecular formula is C23H24N2O3S. The molecule has 0 aliphatic carbocycles.